The van der Waals surface area contributed by atoms with Crippen molar-refractivity contribution in [2.75, 3.05) is 11.9 Å². The maximum Gasteiger partial charge on any atom is 0.319 e. The van der Waals surface area contributed by atoms with E-state index in [1.54, 1.807) is 0 Å². The minimum Gasteiger partial charge on any atom is -0.481 e. The number of carboxylic acids is 1. The zero-order valence-electron chi connectivity index (χ0n) is 10.8. The van der Waals surface area contributed by atoms with E-state index < -0.39 is 29.0 Å². The molecule has 1 aromatic rings. The molecular formula is C12H13BrF2N2O3. The van der Waals surface area contributed by atoms with Gasteiger partial charge < -0.3 is 15.7 Å². The second-order valence-electron chi connectivity index (χ2n) is 4.74. The van der Waals surface area contributed by atoms with E-state index in [0.29, 0.717) is 6.07 Å². The van der Waals surface area contributed by atoms with Crippen LogP contribution in [-0.2, 0) is 4.79 Å². The number of carboxylic acid groups (broad SMARTS) is 1. The van der Waals surface area contributed by atoms with Gasteiger partial charge in [-0.25, -0.2) is 13.6 Å². The monoisotopic (exact) mass is 350 g/mol. The summed E-state index contributed by atoms with van der Waals surface area (Å²) in [6, 6.07) is 0.840. The molecule has 0 aromatic heterocycles. The molecule has 0 aliphatic carbocycles. The van der Waals surface area contributed by atoms with Crippen LogP contribution in [0.25, 0.3) is 0 Å². The highest BCUT2D eigenvalue weighted by Crippen LogP contribution is 2.26. The normalized spacial score (nSPS) is 11.1. The van der Waals surface area contributed by atoms with Crippen LogP contribution in [0.3, 0.4) is 0 Å². The van der Waals surface area contributed by atoms with Gasteiger partial charge in [-0.15, -0.1) is 0 Å². The number of hydrogen-bond acceptors (Lipinski definition) is 2. The molecule has 2 amide bonds. The molecule has 20 heavy (non-hydrogen) atoms. The third-order valence-electron chi connectivity index (χ3n) is 2.52. The Morgan fingerprint density at radius 1 is 1.35 bits per heavy atom. The molecule has 8 heteroatoms. The van der Waals surface area contributed by atoms with Crippen LogP contribution in [0.15, 0.2) is 16.6 Å². The molecule has 0 atom stereocenters. The molecular weight excluding hydrogens is 338 g/mol. The van der Waals surface area contributed by atoms with Crippen LogP contribution in [0.2, 0.25) is 0 Å². The summed E-state index contributed by atoms with van der Waals surface area (Å²) < 4.78 is 26.4. The smallest absolute Gasteiger partial charge is 0.319 e. The highest BCUT2D eigenvalue weighted by molar-refractivity contribution is 9.10. The highest BCUT2D eigenvalue weighted by atomic mass is 79.9. The molecule has 5 nitrogen and oxygen atoms in total. The van der Waals surface area contributed by atoms with Gasteiger partial charge in [-0.1, -0.05) is 0 Å². The maximum atomic E-state index is 13.5. The van der Waals surface area contributed by atoms with Gasteiger partial charge in [-0.3, -0.25) is 4.79 Å². The Bertz CT molecular complexity index is 526. The molecule has 1 rings (SSSR count). The fraction of sp³-hybridized carbons (Fsp3) is 0.333. The number of rotatable bonds is 4. The number of carbonyl (C=O) groups excluding carboxylic acids is 1. The number of benzene rings is 1. The van der Waals surface area contributed by atoms with Crippen molar-refractivity contribution in [3.8, 4) is 0 Å². The first kappa shape index (κ1) is 16.4. The summed E-state index contributed by atoms with van der Waals surface area (Å²) >= 11 is 2.92. The van der Waals surface area contributed by atoms with Crippen molar-refractivity contribution < 1.29 is 23.5 Å². The summed E-state index contributed by atoms with van der Waals surface area (Å²) in [6.07, 6.45) is 0. The van der Waals surface area contributed by atoms with Gasteiger partial charge in [0.25, 0.3) is 0 Å². The second kappa shape index (κ2) is 6.17. The van der Waals surface area contributed by atoms with Gasteiger partial charge in [-0.2, -0.15) is 0 Å². The molecule has 0 saturated heterocycles. The number of aliphatic carboxylic acids is 1. The molecule has 0 spiro atoms. The third-order valence-corrected chi connectivity index (χ3v) is 3.14. The predicted molar refractivity (Wildman–Crippen MR) is 72.5 cm³/mol. The number of carbonyl (C=O) groups is 2. The average Bonchev–Trinajstić information content (AvgIpc) is 2.31. The summed E-state index contributed by atoms with van der Waals surface area (Å²) in [5.41, 5.74) is -1.38. The molecule has 110 valence electrons. The van der Waals surface area contributed by atoms with Crippen LogP contribution in [0.1, 0.15) is 13.8 Å². The van der Waals surface area contributed by atoms with Crippen LogP contribution >= 0.6 is 15.9 Å². The lowest BCUT2D eigenvalue weighted by atomic mass is 9.94. The van der Waals surface area contributed by atoms with E-state index in [-0.39, 0.29) is 16.7 Å². The summed E-state index contributed by atoms with van der Waals surface area (Å²) in [5, 5.41) is 13.4. The van der Waals surface area contributed by atoms with Gasteiger partial charge in [0.15, 0.2) is 5.82 Å². The van der Waals surface area contributed by atoms with Crippen molar-refractivity contribution in [2.45, 2.75) is 13.8 Å². The van der Waals surface area contributed by atoms with E-state index in [1.165, 1.54) is 13.8 Å². The Kier molecular flexibility index (Phi) is 5.04. The minimum absolute atomic E-state index is 0.0441. The Balaban J connectivity index is 2.71. The van der Waals surface area contributed by atoms with Crippen LogP contribution in [0.4, 0.5) is 19.3 Å². The highest BCUT2D eigenvalue weighted by Gasteiger charge is 2.27. The number of amides is 2. The number of halogens is 3. The lowest BCUT2D eigenvalue weighted by Gasteiger charge is -2.19. The van der Waals surface area contributed by atoms with Gasteiger partial charge >= 0.3 is 12.0 Å². The summed E-state index contributed by atoms with van der Waals surface area (Å²) in [7, 11) is 0. The summed E-state index contributed by atoms with van der Waals surface area (Å²) in [6.45, 7) is 2.72. The van der Waals surface area contributed by atoms with Crippen molar-refractivity contribution >= 4 is 33.6 Å². The summed E-state index contributed by atoms with van der Waals surface area (Å²) in [5.74, 6) is -2.80. The van der Waals surface area contributed by atoms with Gasteiger partial charge in [0.2, 0.25) is 0 Å². The van der Waals surface area contributed by atoms with Crippen molar-refractivity contribution in [3.63, 3.8) is 0 Å². The molecule has 1 aromatic carbocycles. The molecule has 0 fully saturated rings. The van der Waals surface area contributed by atoms with E-state index in [0.717, 1.165) is 6.07 Å². The average molecular weight is 351 g/mol. The summed E-state index contributed by atoms with van der Waals surface area (Å²) in [4.78, 5) is 22.4. The molecule has 0 radical (unpaired) electrons. The molecule has 0 unspecified atom stereocenters. The fourth-order valence-corrected chi connectivity index (χ4v) is 1.70. The fourth-order valence-electron chi connectivity index (χ4n) is 1.20. The zero-order chi connectivity index (χ0) is 15.5. The lowest BCUT2D eigenvalue weighted by molar-refractivity contribution is -0.146. The van der Waals surface area contributed by atoms with E-state index in [9.17, 15) is 18.4 Å². The number of anilines is 1. The molecule has 0 aliphatic heterocycles. The number of nitrogens with one attached hydrogen (secondary N) is 2. The van der Waals surface area contributed by atoms with E-state index in [2.05, 4.69) is 26.6 Å². The first-order valence-electron chi connectivity index (χ1n) is 5.56. The molecule has 0 bridgehead atoms. The molecule has 3 N–H and O–H groups in total. The molecule has 0 aliphatic rings. The number of urea groups is 1. The van der Waals surface area contributed by atoms with Gasteiger partial charge in [-0.05, 0) is 35.8 Å². The molecule has 0 saturated carbocycles. The third kappa shape index (κ3) is 4.16. The SMILES string of the molecule is CC(C)(CNC(=O)Nc1c(F)cc(F)cc1Br)C(=O)O. The topological polar surface area (TPSA) is 78.4 Å². The van der Waals surface area contributed by atoms with Crippen LogP contribution in [-0.4, -0.2) is 23.7 Å². The van der Waals surface area contributed by atoms with Crippen LogP contribution in [0.5, 0.6) is 0 Å². The quantitative estimate of drug-likeness (QED) is 0.781. The van der Waals surface area contributed by atoms with E-state index in [1.807, 2.05) is 0 Å². The maximum absolute atomic E-state index is 13.5. The Morgan fingerprint density at radius 2 is 1.95 bits per heavy atom. The van der Waals surface area contributed by atoms with Crippen LogP contribution in [0, 0.1) is 17.0 Å². The van der Waals surface area contributed by atoms with E-state index >= 15 is 0 Å². The Labute approximate surface area is 122 Å². The molecule has 0 heterocycles. The lowest BCUT2D eigenvalue weighted by Crippen LogP contribution is -2.40. The largest absolute Gasteiger partial charge is 0.481 e. The minimum atomic E-state index is -1.16. The second-order valence-corrected chi connectivity index (χ2v) is 5.60. The van der Waals surface area contributed by atoms with Gasteiger partial charge in [0.1, 0.15) is 5.82 Å². The van der Waals surface area contributed by atoms with Crippen LogP contribution < -0.4 is 10.6 Å². The van der Waals surface area contributed by atoms with Crippen molar-refractivity contribution in [1.29, 1.82) is 0 Å². The van der Waals surface area contributed by atoms with Gasteiger partial charge in [0.05, 0.1) is 11.1 Å². The predicted octanol–water partition coefficient (Wildman–Crippen LogP) is 2.96. The Hall–Kier alpha value is -1.70. The van der Waals surface area contributed by atoms with Crippen molar-refractivity contribution in [3.05, 3.63) is 28.2 Å². The van der Waals surface area contributed by atoms with Gasteiger partial charge in [0, 0.05) is 17.1 Å². The number of hydrogen-bond donors (Lipinski definition) is 3. The first-order valence-corrected chi connectivity index (χ1v) is 6.35. The zero-order valence-corrected chi connectivity index (χ0v) is 12.3. The van der Waals surface area contributed by atoms with Crippen molar-refractivity contribution in [1.82, 2.24) is 5.32 Å². The Morgan fingerprint density at radius 3 is 2.45 bits per heavy atom. The van der Waals surface area contributed by atoms with Crippen molar-refractivity contribution in [2.24, 2.45) is 5.41 Å². The van der Waals surface area contributed by atoms with E-state index in [4.69, 9.17) is 5.11 Å². The standard InChI is InChI=1S/C12H13BrF2N2O3/c1-12(2,10(18)19)5-16-11(20)17-9-7(13)3-6(14)4-8(9)15/h3-4H,5H2,1-2H3,(H,18,19)(H2,16,17,20). The first-order chi connectivity index (χ1) is 9.13.